The average molecular weight is 294 g/mol. The molecule has 106 valence electrons. The quantitative estimate of drug-likeness (QED) is 0.918. The monoisotopic (exact) mass is 293 g/mol. The van der Waals surface area contributed by atoms with E-state index in [1.54, 1.807) is 20.3 Å². The van der Waals surface area contributed by atoms with E-state index in [0.29, 0.717) is 17.5 Å². The molecule has 1 aromatic carbocycles. The molecule has 1 aromatic heterocycles. The van der Waals surface area contributed by atoms with E-state index in [-0.39, 0.29) is 0 Å². The maximum Gasteiger partial charge on any atom is 0.152 e. The fourth-order valence-electron chi connectivity index (χ4n) is 1.80. The van der Waals surface area contributed by atoms with Crippen LogP contribution in [0.5, 0.6) is 11.5 Å². The van der Waals surface area contributed by atoms with E-state index in [1.807, 2.05) is 25.1 Å². The first-order chi connectivity index (χ1) is 9.63. The van der Waals surface area contributed by atoms with Crippen LogP contribution in [0.2, 0.25) is 5.15 Å². The minimum absolute atomic E-state index is 0.384. The Bertz CT molecular complexity index is 605. The van der Waals surface area contributed by atoms with Crippen molar-refractivity contribution >= 4 is 17.4 Å². The molecule has 2 aromatic rings. The van der Waals surface area contributed by atoms with Gasteiger partial charge in [-0.05, 0) is 30.7 Å². The molecule has 1 N–H and O–H groups in total. The van der Waals surface area contributed by atoms with Crippen LogP contribution in [0.3, 0.4) is 0 Å². The molecule has 0 radical (unpaired) electrons. The zero-order valence-corrected chi connectivity index (χ0v) is 12.4. The van der Waals surface area contributed by atoms with Crippen LogP contribution in [-0.2, 0) is 6.54 Å². The number of methoxy groups -OCH3 is 2. The zero-order valence-electron chi connectivity index (χ0n) is 11.6. The Morgan fingerprint density at radius 3 is 2.60 bits per heavy atom. The standard InChI is InChI=1S/C14H16ClN3O2/c1-9-6-13(15)17-18-14(9)16-8-10-4-5-11(19-2)7-12(10)20-3/h4-7H,8H2,1-3H3,(H,16,18). The van der Waals surface area contributed by atoms with Crippen LogP contribution in [0.25, 0.3) is 0 Å². The van der Waals surface area contributed by atoms with Crippen molar-refractivity contribution in [2.45, 2.75) is 13.5 Å². The Hall–Kier alpha value is -2.01. The van der Waals surface area contributed by atoms with Crippen LogP contribution in [0.4, 0.5) is 5.82 Å². The first kappa shape index (κ1) is 14.4. The second kappa shape index (κ2) is 6.43. The van der Waals surface area contributed by atoms with Crippen molar-refractivity contribution in [3.63, 3.8) is 0 Å². The number of aromatic nitrogens is 2. The molecule has 5 nitrogen and oxygen atoms in total. The fourth-order valence-corrected chi connectivity index (χ4v) is 2.01. The maximum atomic E-state index is 5.78. The molecular weight excluding hydrogens is 278 g/mol. The van der Waals surface area contributed by atoms with Crippen molar-refractivity contribution < 1.29 is 9.47 Å². The highest BCUT2D eigenvalue weighted by molar-refractivity contribution is 6.29. The lowest BCUT2D eigenvalue weighted by Crippen LogP contribution is -2.05. The van der Waals surface area contributed by atoms with Gasteiger partial charge in [-0.2, -0.15) is 0 Å². The minimum atomic E-state index is 0.384. The summed E-state index contributed by atoms with van der Waals surface area (Å²) >= 11 is 5.78. The maximum absolute atomic E-state index is 5.78. The molecule has 20 heavy (non-hydrogen) atoms. The lowest BCUT2D eigenvalue weighted by molar-refractivity contribution is 0.391. The molecular formula is C14H16ClN3O2. The topological polar surface area (TPSA) is 56.3 Å². The summed E-state index contributed by atoms with van der Waals surface area (Å²) in [6, 6.07) is 7.45. The Balaban J connectivity index is 2.14. The Morgan fingerprint density at radius 2 is 1.95 bits per heavy atom. The van der Waals surface area contributed by atoms with Gasteiger partial charge in [-0.25, -0.2) is 0 Å². The summed E-state index contributed by atoms with van der Waals surface area (Å²) in [6.45, 7) is 2.50. The molecule has 0 aliphatic heterocycles. The molecule has 0 atom stereocenters. The van der Waals surface area contributed by atoms with Crippen LogP contribution in [-0.4, -0.2) is 24.4 Å². The van der Waals surface area contributed by atoms with Gasteiger partial charge in [0.05, 0.1) is 14.2 Å². The summed E-state index contributed by atoms with van der Waals surface area (Å²) in [5.41, 5.74) is 1.95. The molecule has 0 saturated heterocycles. The lowest BCUT2D eigenvalue weighted by atomic mass is 10.2. The molecule has 0 saturated carbocycles. The summed E-state index contributed by atoms with van der Waals surface area (Å²) in [4.78, 5) is 0. The van der Waals surface area contributed by atoms with Crippen molar-refractivity contribution in [3.05, 3.63) is 40.5 Å². The third-order valence-corrected chi connectivity index (χ3v) is 3.08. The van der Waals surface area contributed by atoms with Gasteiger partial charge in [0, 0.05) is 18.2 Å². The van der Waals surface area contributed by atoms with E-state index in [4.69, 9.17) is 21.1 Å². The Morgan fingerprint density at radius 1 is 1.15 bits per heavy atom. The van der Waals surface area contributed by atoms with E-state index >= 15 is 0 Å². The molecule has 0 aliphatic carbocycles. The minimum Gasteiger partial charge on any atom is -0.497 e. The highest BCUT2D eigenvalue weighted by atomic mass is 35.5. The van der Waals surface area contributed by atoms with Crippen LogP contribution >= 0.6 is 11.6 Å². The molecule has 1 heterocycles. The van der Waals surface area contributed by atoms with Gasteiger partial charge in [-0.1, -0.05) is 11.6 Å². The summed E-state index contributed by atoms with van der Waals surface area (Å²) in [5.74, 6) is 2.22. The molecule has 2 rings (SSSR count). The number of hydrogen-bond donors (Lipinski definition) is 1. The number of nitrogens with zero attached hydrogens (tertiary/aromatic N) is 2. The van der Waals surface area contributed by atoms with Crippen molar-refractivity contribution in [1.29, 1.82) is 0 Å². The van der Waals surface area contributed by atoms with Crippen LogP contribution in [0.15, 0.2) is 24.3 Å². The zero-order chi connectivity index (χ0) is 14.5. The predicted octanol–water partition coefficient (Wildman–Crippen LogP) is 3.07. The lowest BCUT2D eigenvalue weighted by Gasteiger charge is -2.12. The predicted molar refractivity (Wildman–Crippen MR) is 78.7 cm³/mol. The Kier molecular flexibility index (Phi) is 4.63. The number of rotatable bonds is 5. The van der Waals surface area contributed by atoms with Gasteiger partial charge in [0.15, 0.2) is 11.0 Å². The Labute approximate surface area is 122 Å². The molecule has 0 bridgehead atoms. The van der Waals surface area contributed by atoms with E-state index in [0.717, 1.165) is 22.6 Å². The number of halogens is 1. The number of aryl methyl sites for hydroxylation is 1. The van der Waals surface area contributed by atoms with Crippen LogP contribution in [0.1, 0.15) is 11.1 Å². The van der Waals surface area contributed by atoms with Gasteiger partial charge in [-0.15, -0.1) is 10.2 Å². The summed E-state index contributed by atoms with van der Waals surface area (Å²) in [5, 5.41) is 11.4. The first-order valence-electron chi connectivity index (χ1n) is 6.08. The van der Waals surface area contributed by atoms with E-state index < -0.39 is 0 Å². The van der Waals surface area contributed by atoms with E-state index in [9.17, 15) is 0 Å². The van der Waals surface area contributed by atoms with Crippen molar-refractivity contribution in [2.75, 3.05) is 19.5 Å². The normalized spacial score (nSPS) is 10.2. The highest BCUT2D eigenvalue weighted by Gasteiger charge is 2.07. The largest absolute Gasteiger partial charge is 0.497 e. The van der Waals surface area contributed by atoms with Gasteiger partial charge >= 0.3 is 0 Å². The number of anilines is 1. The van der Waals surface area contributed by atoms with Gasteiger partial charge < -0.3 is 14.8 Å². The first-order valence-corrected chi connectivity index (χ1v) is 6.46. The van der Waals surface area contributed by atoms with Gasteiger partial charge in [0.25, 0.3) is 0 Å². The fraction of sp³-hybridized carbons (Fsp3) is 0.286. The molecule has 0 amide bonds. The van der Waals surface area contributed by atoms with E-state index in [1.165, 1.54) is 0 Å². The van der Waals surface area contributed by atoms with Gasteiger partial charge in [0.2, 0.25) is 0 Å². The number of ether oxygens (including phenoxy) is 2. The van der Waals surface area contributed by atoms with E-state index in [2.05, 4.69) is 15.5 Å². The number of nitrogens with one attached hydrogen (secondary N) is 1. The van der Waals surface area contributed by atoms with Gasteiger partial charge in [-0.3, -0.25) is 0 Å². The molecule has 0 unspecified atom stereocenters. The average Bonchev–Trinajstić information content (AvgIpc) is 2.46. The molecule has 0 aliphatic rings. The van der Waals surface area contributed by atoms with Gasteiger partial charge in [0.1, 0.15) is 11.5 Å². The molecule has 0 fully saturated rings. The second-order valence-corrected chi connectivity index (χ2v) is 4.62. The second-order valence-electron chi connectivity index (χ2n) is 4.23. The van der Waals surface area contributed by atoms with Crippen molar-refractivity contribution in [3.8, 4) is 11.5 Å². The summed E-state index contributed by atoms with van der Waals surface area (Å²) in [6.07, 6.45) is 0. The summed E-state index contributed by atoms with van der Waals surface area (Å²) < 4.78 is 10.5. The number of benzene rings is 1. The van der Waals surface area contributed by atoms with Crippen LogP contribution < -0.4 is 14.8 Å². The highest BCUT2D eigenvalue weighted by Crippen LogP contribution is 2.25. The third kappa shape index (κ3) is 3.30. The third-order valence-electron chi connectivity index (χ3n) is 2.90. The van der Waals surface area contributed by atoms with Crippen molar-refractivity contribution in [1.82, 2.24) is 10.2 Å². The molecule has 6 heteroatoms. The SMILES string of the molecule is COc1ccc(CNc2nnc(Cl)cc2C)c(OC)c1. The number of hydrogen-bond acceptors (Lipinski definition) is 5. The van der Waals surface area contributed by atoms with Crippen molar-refractivity contribution in [2.24, 2.45) is 0 Å². The smallest absolute Gasteiger partial charge is 0.152 e. The summed E-state index contributed by atoms with van der Waals surface area (Å²) in [7, 11) is 3.25. The van der Waals surface area contributed by atoms with Crippen LogP contribution in [0, 0.1) is 6.92 Å². The molecule has 0 spiro atoms.